The molecule has 3 nitrogen and oxygen atoms in total. The third-order valence-electron chi connectivity index (χ3n) is 3.39. The molecule has 3 rings (SSSR count). The van der Waals surface area contributed by atoms with Gasteiger partial charge in [0, 0.05) is 31.7 Å². The minimum atomic E-state index is 0.760. The highest BCUT2D eigenvalue weighted by atomic mass is 15.1. The molecule has 1 aliphatic heterocycles. The third-order valence-corrected chi connectivity index (χ3v) is 3.39. The maximum Gasteiger partial charge on any atom is 0.0504 e. The van der Waals surface area contributed by atoms with Crippen LogP contribution in [0.4, 0.5) is 5.69 Å². The Balaban J connectivity index is 1.75. The van der Waals surface area contributed by atoms with Gasteiger partial charge in [0.05, 0.1) is 11.9 Å². The standard InChI is InChI=1S/C15H17N3/c16-14-8-13-11-18(7-6-15(13)17-9-14)10-12-4-2-1-3-5-12/h1-5,8-9H,6-7,10-11,16H2. The minimum absolute atomic E-state index is 0.760. The van der Waals surface area contributed by atoms with Crippen LogP contribution in [0.3, 0.4) is 0 Å². The Morgan fingerprint density at radius 2 is 2.06 bits per heavy atom. The molecular formula is C15H17N3. The van der Waals surface area contributed by atoms with Crippen molar-refractivity contribution >= 4 is 5.69 Å². The quantitative estimate of drug-likeness (QED) is 0.873. The number of rotatable bonds is 2. The first-order chi connectivity index (χ1) is 8.81. The Morgan fingerprint density at radius 3 is 2.89 bits per heavy atom. The molecule has 0 atom stereocenters. The van der Waals surface area contributed by atoms with Crippen molar-refractivity contribution in [3.63, 3.8) is 0 Å². The van der Waals surface area contributed by atoms with E-state index in [4.69, 9.17) is 5.73 Å². The molecular weight excluding hydrogens is 222 g/mol. The summed E-state index contributed by atoms with van der Waals surface area (Å²) in [5.74, 6) is 0. The first-order valence-corrected chi connectivity index (χ1v) is 6.31. The molecule has 2 aromatic rings. The van der Waals surface area contributed by atoms with Crippen LogP contribution in [-0.4, -0.2) is 16.4 Å². The number of hydrogen-bond donors (Lipinski definition) is 1. The minimum Gasteiger partial charge on any atom is -0.397 e. The van der Waals surface area contributed by atoms with Gasteiger partial charge in [0.25, 0.3) is 0 Å². The molecule has 2 N–H and O–H groups in total. The first-order valence-electron chi connectivity index (χ1n) is 6.31. The molecule has 0 radical (unpaired) electrons. The van der Waals surface area contributed by atoms with Gasteiger partial charge in [-0.1, -0.05) is 30.3 Å². The first kappa shape index (κ1) is 11.2. The topological polar surface area (TPSA) is 42.1 Å². The summed E-state index contributed by atoms with van der Waals surface area (Å²) in [6.07, 6.45) is 2.77. The summed E-state index contributed by atoms with van der Waals surface area (Å²) in [4.78, 5) is 6.85. The van der Waals surface area contributed by atoms with E-state index in [2.05, 4.69) is 46.3 Å². The molecule has 0 fully saturated rings. The number of pyridine rings is 1. The summed E-state index contributed by atoms with van der Waals surface area (Å²) in [6, 6.07) is 12.6. The van der Waals surface area contributed by atoms with Crippen molar-refractivity contribution < 1.29 is 0 Å². The highest BCUT2D eigenvalue weighted by molar-refractivity contribution is 5.40. The number of anilines is 1. The molecule has 1 aromatic heterocycles. The fraction of sp³-hybridized carbons (Fsp3) is 0.267. The molecule has 0 saturated carbocycles. The lowest BCUT2D eigenvalue weighted by Crippen LogP contribution is -2.30. The van der Waals surface area contributed by atoms with Gasteiger partial charge in [-0.15, -0.1) is 0 Å². The zero-order valence-corrected chi connectivity index (χ0v) is 10.3. The van der Waals surface area contributed by atoms with Crippen LogP contribution in [0.1, 0.15) is 16.8 Å². The summed E-state index contributed by atoms with van der Waals surface area (Å²) in [5, 5.41) is 0. The summed E-state index contributed by atoms with van der Waals surface area (Å²) >= 11 is 0. The highest BCUT2D eigenvalue weighted by Crippen LogP contribution is 2.20. The average molecular weight is 239 g/mol. The van der Waals surface area contributed by atoms with Crippen LogP contribution in [0.5, 0.6) is 0 Å². The average Bonchev–Trinajstić information content (AvgIpc) is 2.39. The van der Waals surface area contributed by atoms with E-state index < -0.39 is 0 Å². The van der Waals surface area contributed by atoms with Crippen LogP contribution < -0.4 is 5.73 Å². The van der Waals surface area contributed by atoms with Gasteiger partial charge in [0.2, 0.25) is 0 Å². The number of nitrogen functional groups attached to an aromatic ring is 1. The van der Waals surface area contributed by atoms with Crippen molar-refractivity contribution in [1.29, 1.82) is 0 Å². The molecule has 0 aliphatic carbocycles. The normalized spacial score (nSPS) is 15.3. The molecule has 0 amide bonds. The SMILES string of the molecule is Nc1cnc2c(c1)CN(Cc1ccccc1)CC2. The fourth-order valence-electron chi connectivity index (χ4n) is 2.48. The Kier molecular flexibility index (Phi) is 2.99. The lowest BCUT2D eigenvalue weighted by atomic mass is 10.0. The largest absolute Gasteiger partial charge is 0.397 e. The third kappa shape index (κ3) is 2.36. The number of fused-ring (bicyclic) bond motifs is 1. The molecule has 18 heavy (non-hydrogen) atoms. The number of nitrogens with two attached hydrogens (primary N) is 1. The Bertz CT molecular complexity index is 537. The zero-order valence-electron chi connectivity index (χ0n) is 10.3. The van der Waals surface area contributed by atoms with E-state index in [1.54, 1.807) is 6.20 Å². The van der Waals surface area contributed by atoms with Crippen LogP contribution in [0.25, 0.3) is 0 Å². The molecule has 0 unspecified atom stereocenters. The highest BCUT2D eigenvalue weighted by Gasteiger charge is 2.17. The number of benzene rings is 1. The number of nitrogens with zero attached hydrogens (tertiary/aromatic N) is 2. The van der Waals surface area contributed by atoms with Crippen LogP contribution in [-0.2, 0) is 19.5 Å². The van der Waals surface area contributed by atoms with E-state index in [1.807, 2.05) is 0 Å². The summed E-state index contributed by atoms with van der Waals surface area (Å²) in [5.41, 5.74) is 10.4. The number of aromatic nitrogens is 1. The van der Waals surface area contributed by atoms with Crippen molar-refractivity contribution in [1.82, 2.24) is 9.88 Å². The summed E-state index contributed by atoms with van der Waals surface area (Å²) in [7, 11) is 0. The van der Waals surface area contributed by atoms with Crippen molar-refractivity contribution in [2.75, 3.05) is 12.3 Å². The second-order valence-electron chi connectivity index (χ2n) is 4.82. The summed E-state index contributed by atoms with van der Waals surface area (Å²) in [6.45, 7) is 3.01. The van der Waals surface area contributed by atoms with Crippen molar-refractivity contribution in [2.24, 2.45) is 0 Å². The smallest absolute Gasteiger partial charge is 0.0504 e. The van der Waals surface area contributed by atoms with E-state index in [1.165, 1.54) is 16.8 Å². The molecule has 0 bridgehead atoms. The maximum atomic E-state index is 5.80. The molecule has 3 heteroatoms. The van der Waals surface area contributed by atoms with Crippen molar-refractivity contribution in [2.45, 2.75) is 19.5 Å². The lowest BCUT2D eigenvalue weighted by molar-refractivity contribution is 0.243. The molecule has 0 saturated heterocycles. The molecule has 92 valence electrons. The predicted octanol–water partition coefficient (Wildman–Crippen LogP) is 2.22. The molecule has 0 spiro atoms. The fourth-order valence-corrected chi connectivity index (χ4v) is 2.48. The number of hydrogen-bond acceptors (Lipinski definition) is 3. The summed E-state index contributed by atoms with van der Waals surface area (Å²) < 4.78 is 0. The van der Waals surface area contributed by atoms with E-state index in [9.17, 15) is 0 Å². The van der Waals surface area contributed by atoms with Crippen LogP contribution in [0.2, 0.25) is 0 Å². The van der Waals surface area contributed by atoms with E-state index in [-0.39, 0.29) is 0 Å². The van der Waals surface area contributed by atoms with Gasteiger partial charge in [-0.2, -0.15) is 0 Å². The Morgan fingerprint density at radius 1 is 1.22 bits per heavy atom. The van der Waals surface area contributed by atoms with Crippen molar-refractivity contribution in [3.05, 3.63) is 59.4 Å². The van der Waals surface area contributed by atoms with Gasteiger partial charge in [-0.3, -0.25) is 9.88 Å². The van der Waals surface area contributed by atoms with Gasteiger partial charge < -0.3 is 5.73 Å². The van der Waals surface area contributed by atoms with Gasteiger partial charge in [-0.25, -0.2) is 0 Å². The maximum absolute atomic E-state index is 5.80. The van der Waals surface area contributed by atoms with Crippen LogP contribution >= 0.6 is 0 Å². The molecule has 1 aromatic carbocycles. The Hall–Kier alpha value is -1.87. The van der Waals surface area contributed by atoms with Crippen LogP contribution in [0, 0.1) is 0 Å². The molecule has 1 aliphatic rings. The second kappa shape index (κ2) is 4.78. The molecule has 2 heterocycles. The monoisotopic (exact) mass is 239 g/mol. The van der Waals surface area contributed by atoms with Crippen LogP contribution in [0.15, 0.2) is 42.6 Å². The van der Waals surface area contributed by atoms with Gasteiger partial charge in [0.15, 0.2) is 0 Å². The zero-order chi connectivity index (χ0) is 12.4. The lowest BCUT2D eigenvalue weighted by Gasteiger charge is -2.28. The van der Waals surface area contributed by atoms with E-state index in [0.717, 1.165) is 31.7 Å². The van der Waals surface area contributed by atoms with Gasteiger partial charge in [-0.05, 0) is 17.2 Å². The second-order valence-corrected chi connectivity index (χ2v) is 4.82. The predicted molar refractivity (Wildman–Crippen MR) is 72.9 cm³/mol. The van der Waals surface area contributed by atoms with Gasteiger partial charge >= 0.3 is 0 Å². The van der Waals surface area contributed by atoms with E-state index >= 15 is 0 Å². The van der Waals surface area contributed by atoms with E-state index in [0.29, 0.717) is 0 Å². The van der Waals surface area contributed by atoms with Gasteiger partial charge in [0.1, 0.15) is 0 Å². The van der Waals surface area contributed by atoms with Crippen molar-refractivity contribution in [3.8, 4) is 0 Å². The Labute approximate surface area is 107 Å².